The monoisotopic (exact) mass is 419 g/mol. The van der Waals surface area contributed by atoms with Gasteiger partial charge in [-0.25, -0.2) is 9.97 Å². The summed E-state index contributed by atoms with van der Waals surface area (Å²) < 4.78 is 0.944. The Hall–Kier alpha value is -1.02. The van der Waals surface area contributed by atoms with Crippen LogP contribution in [0.3, 0.4) is 0 Å². The zero-order chi connectivity index (χ0) is 15.5. The van der Waals surface area contributed by atoms with Gasteiger partial charge >= 0.3 is 5.97 Å². The van der Waals surface area contributed by atoms with Crippen LogP contribution in [0.5, 0.6) is 0 Å². The van der Waals surface area contributed by atoms with Gasteiger partial charge in [0.25, 0.3) is 0 Å². The van der Waals surface area contributed by atoms with E-state index in [1.54, 1.807) is 0 Å². The fourth-order valence-corrected chi connectivity index (χ4v) is 3.52. The van der Waals surface area contributed by atoms with Gasteiger partial charge in [0, 0.05) is 6.42 Å². The van der Waals surface area contributed by atoms with Crippen molar-refractivity contribution in [1.82, 2.24) is 9.97 Å². The standard InChI is InChI=1S/C13H15Br2N3O3/c14-8-7-16-11(10(15)17-8)18-9(19)6-13(12(20)21)4-2-1-3-5-13/h7H,1-6H2,(H,20,21)(H,16,18,19). The lowest BCUT2D eigenvalue weighted by atomic mass is 9.71. The van der Waals surface area contributed by atoms with Crippen LogP contribution in [-0.4, -0.2) is 27.0 Å². The molecule has 0 bridgehead atoms. The second-order valence-corrected chi connectivity index (χ2v) is 6.77. The molecule has 2 N–H and O–H groups in total. The van der Waals surface area contributed by atoms with Gasteiger partial charge in [0.1, 0.15) is 9.21 Å². The van der Waals surface area contributed by atoms with Crippen molar-refractivity contribution in [3.8, 4) is 0 Å². The lowest BCUT2D eigenvalue weighted by Crippen LogP contribution is -2.37. The predicted molar refractivity (Wildman–Crippen MR) is 83.8 cm³/mol. The summed E-state index contributed by atoms with van der Waals surface area (Å²) in [6.45, 7) is 0. The molecule has 0 spiro atoms. The Morgan fingerprint density at radius 3 is 2.52 bits per heavy atom. The minimum atomic E-state index is -0.947. The normalized spacial score (nSPS) is 17.2. The molecule has 2 rings (SSSR count). The average Bonchev–Trinajstić information content (AvgIpc) is 2.43. The van der Waals surface area contributed by atoms with E-state index < -0.39 is 11.4 Å². The number of anilines is 1. The molecule has 114 valence electrons. The molecule has 0 atom stereocenters. The molecule has 1 aromatic heterocycles. The molecule has 6 nitrogen and oxygen atoms in total. The van der Waals surface area contributed by atoms with Crippen molar-refractivity contribution in [2.45, 2.75) is 38.5 Å². The van der Waals surface area contributed by atoms with Crippen molar-refractivity contribution in [3.63, 3.8) is 0 Å². The molecule has 1 aromatic rings. The number of carboxylic acids is 1. The summed E-state index contributed by atoms with van der Waals surface area (Å²) in [6, 6.07) is 0. The number of rotatable bonds is 4. The molecule has 1 aliphatic rings. The lowest BCUT2D eigenvalue weighted by molar-refractivity contribution is -0.153. The third-order valence-electron chi connectivity index (χ3n) is 3.72. The smallest absolute Gasteiger partial charge is 0.310 e. The highest BCUT2D eigenvalue weighted by Crippen LogP contribution is 2.39. The van der Waals surface area contributed by atoms with E-state index >= 15 is 0 Å². The van der Waals surface area contributed by atoms with Crippen LogP contribution in [0.25, 0.3) is 0 Å². The summed E-state index contributed by atoms with van der Waals surface area (Å²) in [5.74, 6) is -0.950. The Labute approximate surface area is 139 Å². The number of amides is 1. The van der Waals surface area contributed by atoms with Crippen molar-refractivity contribution in [3.05, 3.63) is 15.4 Å². The van der Waals surface area contributed by atoms with Crippen LogP contribution in [0.1, 0.15) is 38.5 Å². The van der Waals surface area contributed by atoms with E-state index in [1.807, 2.05) is 0 Å². The summed E-state index contributed by atoms with van der Waals surface area (Å²) >= 11 is 6.38. The third-order valence-corrected chi connectivity index (χ3v) is 4.66. The molecule has 0 radical (unpaired) electrons. The van der Waals surface area contributed by atoms with E-state index in [1.165, 1.54) is 6.20 Å². The van der Waals surface area contributed by atoms with Crippen molar-refractivity contribution in [2.24, 2.45) is 5.41 Å². The van der Waals surface area contributed by atoms with Crippen molar-refractivity contribution < 1.29 is 14.7 Å². The topological polar surface area (TPSA) is 92.2 Å². The highest BCUT2D eigenvalue weighted by molar-refractivity contribution is 9.11. The summed E-state index contributed by atoms with van der Waals surface area (Å²) in [5.41, 5.74) is -0.947. The largest absolute Gasteiger partial charge is 0.481 e. The molecule has 1 aliphatic carbocycles. The molecular weight excluding hydrogens is 406 g/mol. The van der Waals surface area contributed by atoms with E-state index in [0.717, 1.165) is 19.3 Å². The summed E-state index contributed by atoms with van der Waals surface area (Å²) in [6.07, 6.45) is 5.25. The van der Waals surface area contributed by atoms with Gasteiger partial charge < -0.3 is 10.4 Å². The van der Waals surface area contributed by atoms with Crippen molar-refractivity contribution in [2.75, 3.05) is 5.32 Å². The molecule has 1 heterocycles. The van der Waals surface area contributed by atoms with Gasteiger partial charge in [0.15, 0.2) is 5.82 Å². The van der Waals surface area contributed by atoms with Crippen molar-refractivity contribution >= 4 is 49.6 Å². The van der Waals surface area contributed by atoms with Gasteiger partial charge in [-0.05, 0) is 44.7 Å². The number of carboxylic acid groups (broad SMARTS) is 1. The number of aliphatic carboxylic acids is 1. The van der Waals surface area contributed by atoms with Crippen LogP contribution in [0.4, 0.5) is 5.82 Å². The van der Waals surface area contributed by atoms with Gasteiger partial charge in [-0.3, -0.25) is 9.59 Å². The highest BCUT2D eigenvalue weighted by atomic mass is 79.9. The van der Waals surface area contributed by atoms with Gasteiger partial charge in [0.2, 0.25) is 5.91 Å². The van der Waals surface area contributed by atoms with E-state index in [-0.39, 0.29) is 12.3 Å². The summed E-state index contributed by atoms with van der Waals surface area (Å²) in [5, 5.41) is 12.1. The first-order chi connectivity index (χ1) is 9.93. The maximum absolute atomic E-state index is 12.2. The summed E-state index contributed by atoms with van der Waals surface area (Å²) in [7, 11) is 0. The average molecular weight is 421 g/mol. The molecule has 0 aromatic carbocycles. The van der Waals surface area contributed by atoms with Crippen LogP contribution in [-0.2, 0) is 9.59 Å². The number of aromatic nitrogens is 2. The third kappa shape index (κ3) is 4.00. The highest BCUT2D eigenvalue weighted by Gasteiger charge is 2.41. The molecule has 1 amide bonds. The molecule has 21 heavy (non-hydrogen) atoms. The fraction of sp³-hybridized carbons (Fsp3) is 0.538. The Morgan fingerprint density at radius 2 is 1.95 bits per heavy atom. The molecule has 0 unspecified atom stereocenters. The second kappa shape index (κ2) is 6.83. The number of hydrogen-bond donors (Lipinski definition) is 2. The number of halogens is 2. The minimum absolute atomic E-state index is 0.0352. The Bertz CT molecular complexity index is 560. The molecular formula is C13H15Br2N3O3. The Balaban J connectivity index is 2.07. The number of carbonyl (C=O) groups is 2. The zero-order valence-corrected chi connectivity index (χ0v) is 14.4. The van der Waals surface area contributed by atoms with Gasteiger partial charge in [-0.15, -0.1) is 0 Å². The first-order valence-corrected chi connectivity index (χ1v) is 8.23. The number of nitrogens with one attached hydrogen (secondary N) is 1. The van der Waals surface area contributed by atoms with Crippen LogP contribution in [0.15, 0.2) is 15.4 Å². The van der Waals surface area contributed by atoms with Crippen molar-refractivity contribution in [1.29, 1.82) is 0 Å². The maximum Gasteiger partial charge on any atom is 0.310 e. The minimum Gasteiger partial charge on any atom is -0.481 e. The van der Waals surface area contributed by atoms with Gasteiger partial charge in [0.05, 0.1) is 11.6 Å². The lowest BCUT2D eigenvalue weighted by Gasteiger charge is -2.32. The van der Waals surface area contributed by atoms with E-state index in [2.05, 4.69) is 47.1 Å². The maximum atomic E-state index is 12.2. The molecule has 0 saturated heterocycles. The van der Waals surface area contributed by atoms with Crippen LogP contribution in [0, 0.1) is 5.41 Å². The van der Waals surface area contributed by atoms with Crippen LogP contribution < -0.4 is 5.32 Å². The van der Waals surface area contributed by atoms with E-state index in [4.69, 9.17) is 0 Å². The van der Waals surface area contributed by atoms with E-state index in [0.29, 0.717) is 27.9 Å². The molecule has 1 fully saturated rings. The molecule has 8 heteroatoms. The zero-order valence-electron chi connectivity index (χ0n) is 11.2. The summed E-state index contributed by atoms with van der Waals surface area (Å²) in [4.78, 5) is 31.8. The number of hydrogen-bond acceptors (Lipinski definition) is 4. The number of carbonyl (C=O) groups excluding carboxylic acids is 1. The van der Waals surface area contributed by atoms with Crippen LogP contribution in [0.2, 0.25) is 0 Å². The SMILES string of the molecule is O=C(CC1(C(=O)O)CCCCC1)Nc1ncc(Br)nc1Br. The quantitative estimate of drug-likeness (QED) is 0.778. The Kier molecular flexibility index (Phi) is 5.32. The molecule has 1 saturated carbocycles. The number of nitrogens with zero attached hydrogens (tertiary/aromatic N) is 2. The van der Waals surface area contributed by atoms with Gasteiger partial charge in [-0.1, -0.05) is 19.3 Å². The molecule has 0 aliphatic heterocycles. The first-order valence-electron chi connectivity index (χ1n) is 6.64. The first kappa shape index (κ1) is 16.4. The van der Waals surface area contributed by atoms with Crippen LogP contribution >= 0.6 is 31.9 Å². The van der Waals surface area contributed by atoms with E-state index in [9.17, 15) is 14.7 Å². The fourth-order valence-electron chi connectivity index (χ4n) is 2.61. The second-order valence-electron chi connectivity index (χ2n) is 5.20. The predicted octanol–water partition coefficient (Wildman–Crippen LogP) is 3.37. The Morgan fingerprint density at radius 1 is 1.29 bits per heavy atom. The van der Waals surface area contributed by atoms with Gasteiger partial charge in [-0.2, -0.15) is 0 Å².